The molecular formula is C21H20ClF2N3O4. The van der Waals surface area contributed by atoms with E-state index >= 15 is 0 Å². The highest BCUT2D eigenvalue weighted by atomic mass is 35.5. The Morgan fingerprint density at radius 2 is 2.06 bits per heavy atom. The summed E-state index contributed by atoms with van der Waals surface area (Å²) in [6.07, 6.45) is -0.821. The molecule has 0 aliphatic carbocycles. The molecule has 31 heavy (non-hydrogen) atoms. The Morgan fingerprint density at radius 3 is 2.81 bits per heavy atom. The lowest BCUT2D eigenvalue weighted by Gasteiger charge is -2.39. The van der Waals surface area contributed by atoms with E-state index in [1.165, 1.54) is 6.07 Å². The van der Waals surface area contributed by atoms with Crippen molar-refractivity contribution in [3.8, 4) is 11.5 Å². The van der Waals surface area contributed by atoms with Crippen LogP contribution in [0.4, 0.5) is 25.0 Å². The van der Waals surface area contributed by atoms with E-state index in [0.717, 1.165) is 0 Å². The number of fused-ring (bicyclic) bond motifs is 2. The molecule has 0 radical (unpaired) electrons. The average molecular weight is 452 g/mol. The molecule has 0 fully saturated rings. The van der Waals surface area contributed by atoms with E-state index in [2.05, 4.69) is 16.0 Å². The van der Waals surface area contributed by atoms with Crippen LogP contribution in [0.3, 0.4) is 0 Å². The highest BCUT2D eigenvalue weighted by Crippen LogP contribution is 2.42. The summed E-state index contributed by atoms with van der Waals surface area (Å²) in [6, 6.07) is 8.32. The lowest BCUT2D eigenvalue weighted by Crippen LogP contribution is -2.49. The number of benzene rings is 2. The predicted molar refractivity (Wildman–Crippen MR) is 111 cm³/mol. The standard InChI is InChI=1S/C21H20ClF2N3O4/c1-11-19(28)25-14-3-2-4-15(18(14)30-11)26-20(29)27-16-8-21(9-23,10-24)31-17-7-12(22)5-6-13(16)17/h2-7,11,16H,8-10H2,1H3,(H,25,28)(H2,26,27,29)/t11-,16-/m1/s1. The van der Waals surface area contributed by atoms with Gasteiger partial charge in [-0.3, -0.25) is 4.79 Å². The molecule has 2 atom stereocenters. The lowest BCUT2D eigenvalue weighted by molar-refractivity contribution is -0.122. The third-order valence-electron chi connectivity index (χ3n) is 5.23. The van der Waals surface area contributed by atoms with Crippen LogP contribution in [0.15, 0.2) is 36.4 Å². The lowest BCUT2D eigenvalue weighted by atomic mass is 9.88. The number of para-hydroxylation sites is 1. The number of urea groups is 1. The van der Waals surface area contributed by atoms with E-state index in [9.17, 15) is 18.4 Å². The zero-order valence-corrected chi connectivity index (χ0v) is 17.3. The van der Waals surface area contributed by atoms with Gasteiger partial charge in [-0.15, -0.1) is 0 Å². The van der Waals surface area contributed by atoms with Gasteiger partial charge in [-0.1, -0.05) is 23.7 Å². The van der Waals surface area contributed by atoms with Crippen LogP contribution in [0, 0.1) is 0 Å². The summed E-state index contributed by atoms with van der Waals surface area (Å²) in [5, 5.41) is 8.47. The number of hydrogen-bond donors (Lipinski definition) is 3. The number of carbonyl (C=O) groups excluding carboxylic acids is 2. The number of hydrogen-bond acceptors (Lipinski definition) is 4. The van der Waals surface area contributed by atoms with Crippen molar-refractivity contribution in [2.24, 2.45) is 0 Å². The number of carbonyl (C=O) groups is 2. The maximum absolute atomic E-state index is 13.7. The van der Waals surface area contributed by atoms with Crippen molar-refractivity contribution in [2.75, 3.05) is 24.0 Å². The number of nitrogens with one attached hydrogen (secondary N) is 3. The van der Waals surface area contributed by atoms with Crippen molar-refractivity contribution in [1.82, 2.24) is 5.32 Å². The van der Waals surface area contributed by atoms with Gasteiger partial charge in [-0.25, -0.2) is 13.6 Å². The molecule has 2 heterocycles. The number of ether oxygens (including phenoxy) is 2. The molecular weight excluding hydrogens is 432 g/mol. The summed E-state index contributed by atoms with van der Waals surface area (Å²) >= 11 is 6.00. The largest absolute Gasteiger partial charge is 0.481 e. The van der Waals surface area contributed by atoms with Gasteiger partial charge in [0.1, 0.15) is 19.1 Å². The third kappa shape index (κ3) is 4.10. The maximum atomic E-state index is 13.7. The van der Waals surface area contributed by atoms with Gasteiger partial charge in [0, 0.05) is 17.0 Å². The molecule has 164 valence electrons. The topological polar surface area (TPSA) is 88.7 Å². The highest BCUT2D eigenvalue weighted by molar-refractivity contribution is 6.30. The number of amides is 3. The van der Waals surface area contributed by atoms with Crippen molar-refractivity contribution >= 4 is 34.9 Å². The molecule has 0 saturated carbocycles. The monoisotopic (exact) mass is 451 g/mol. The van der Waals surface area contributed by atoms with Gasteiger partial charge in [-0.05, 0) is 31.2 Å². The Bertz CT molecular complexity index is 1030. The van der Waals surface area contributed by atoms with Gasteiger partial charge >= 0.3 is 6.03 Å². The molecule has 3 amide bonds. The van der Waals surface area contributed by atoms with E-state index in [1.807, 2.05) is 0 Å². The van der Waals surface area contributed by atoms with Crippen LogP contribution in [0.2, 0.25) is 5.02 Å². The molecule has 0 saturated heterocycles. The molecule has 0 aromatic heterocycles. The van der Waals surface area contributed by atoms with Crippen LogP contribution >= 0.6 is 11.6 Å². The molecule has 4 rings (SSSR count). The number of halogens is 3. The second kappa shape index (κ2) is 8.22. The first-order valence-corrected chi connectivity index (χ1v) is 10.0. The number of rotatable bonds is 4. The van der Waals surface area contributed by atoms with Gasteiger partial charge in [0.15, 0.2) is 17.5 Å². The van der Waals surface area contributed by atoms with E-state index in [4.69, 9.17) is 21.1 Å². The summed E-state index contributed by atoms with van der Waals surface area (Å²) in [6.45, 7) is -0.535. The van der Waals surface area contributed by atoms with E-state index in [-0.39, 0.29) is 18.1 Å². The molecule has 2 aliphatic heterocycles. The van der Waals surface area contributed by atoms with Crippen molar-refractivity contribution < 1.29 is 27.8 Å². The first kappa shape index (κ1) is 21.2. The second-order valence-corrected chi connectivity index (χ2v) is 7.96. The molecule has 2 aromatic carbocycles. The maximum Gasteiger partial charge on any atom is 0.319 e. The van der Waals surface area contributed by atoms with Crippen molar-refractivity contribution in [3.05, 3.63) is 47.0 Å². The van der Waals surface area contributed by atoms with Crippen LogP contribution in [0.25, 0.3) is 0 Å². The molecule has 2 aliphatic rings. The van der Waals surface area contributed by atoms with E-state index < -0.39 is 37.1 Å². The van der Waals surface area contributed by atoms with Crippen molar-refractivity contribution in [1.29, 1.82) is 0 Å². The van der Waals surface area contributed by atoms with Crippen molar-refractivity contribution in [3.63, 3.8) is 0 Å². The Balaban J connectivity index is 1.57. The Kier molecular flexibility index (Phi) is 5.62. The average Bonchev–Trinajstić information content (AvgIpc) is 2.74. The summed E-state index contributed by atoms with van der Waals surface area (Å²) in [7, 11) is 0. The zero-order chi connectivity index (χ0) is 22.2. The summed E-state index contributed by atoms with van der Waals surface area (Å²) < 4.78 is 38.5. The first-order chi connectivity index (χ1) is 14.8. The van der Waals surface area contributed by atoms with Gasteiger partial charge in [0.2, 0.25) is 0 Å². The second-order valence-electron chi connectivity index (χ2n) is 7.52. The summed E-state index contributed by atoms with van der Waals surface area (Å²) in [5.74, 6) is 0.252. The van der Waals surface area contributed by atoms with Crippen LogP contribution in [0.5, 0.6) is 11.5 Å². The smallest absolute Gasteiger partial charge is 0.319 e. The summed E-state index contributed by atoms with van der Waals surface area (Å²) in [4.78, 5) is 24.6. The first-order valence-electron chi connectivity index (χ1n) is 9.62. The third-order valence-corrected chi connectivity index (χ3v) is 5.47. The van der Waals surface area contributed by atoms with Gasteiger partial charge < -0.3 is 25.4 Å². The Morgan fingerprint density at radius 1 is 1.29 bits per heavy atom. The van der Waals surface area contributed by atoms with Crippen LogP contribution in [0.1, 0.15) is 24.9 Å². The summed E-state index contributed by atoms with van der Waals surface area (Å²) in [5.41, 5.74) is -0.373. The SMILES string of the molecule is C[C@H]1Oc2c(NC(=O)N[C@@H]3CC(CF)(CF)Oc4cc(Cl)ccc43)cccc2NC1=O. The van der Waals surface area contributed by atoms with Gasteiger partial charge in [0.05, 0.1) is 17.4 Å². The molecule has 0 unspecified atom stereocenters. The minimum Gasteiger partial charge on any atom is -0.481 e. The zero-order valence-electron chi connectivity index (χ0n) is 16.5. The van der Waals surface area contributed by atoms with E-state index in [0.29, 0.717) is 27.7 Å². The number of anilines is 2. The minimum absolute atomic E-state index is 0.0987. The molecule has 10 heteroatoms. The fourth-order valence-corrected chi connectivity index (χ4v) is 3.77. The fourth-order valence-electron chi connectivity index (χ4n) is 3.61. The van der Waals surface area contributed by atoms with E-state index in [1.54, 1.807) is 37.3 Å². The molecule has 0 bridgehead atoms. The van der Waals surface area contributed by atoms with Gasteiger partial charge in [-0.2, -0.15) is 0 Å². The molecule has 3 N–H and O–H groups in total. The van der Waals surface area contributed by atoms with Crippen molar-refractivity contribution in [2.45, 2.75) is 31.1 Å². The minimum atomic E-state index is -1.70. The predicted octanol–water partition coefficient (Wildman–Crippen LogP) is 4.38. The normalized spacial score (nSPS) is 21.0. The number of alkyl halides is 2. The molecule has 2 aromatic rings. The van der Waals surface area contributed by atoms with Crippen LogP contribution < -0.4 is 25.4 Å². The quantitative estimate of drug-likeness (QED) is 0.643. The fraction of sp³-hybridized carbons (Fsp3) is 0.333. The van der Waals surface area contributed by atoms with Crippen LogP contribution in [-0.4, -0.2) is 37.0 Å². The molecule has 7 nitrogen and oxygen atoms in total. The Labute approximate surface area is 182 Å². The van der Waals surface area contributed by atoms with Gasteiger partial charge in [0.25, 0.3) is 5.91 Å². The van der Waals surface area contributed by atoms with Crippen LogP contribution in [-0.2, 0) is 4.79 Å². The molecule has 0 spiro atoms. The Hall–Kier alpha value is -3.07. The highest BCUT2D eigenvalue weighted by Gasteiger charge is 2.42.